The molecule has 0 saturated heterocycles. The van der Waals surface area contributed by atoms with Gasteiger partial charge in [-0.25, -0.2) is 4.98 Å². The molecule has 0 fully saturated rings. The highest BCUT2D eigenvalue weighted by atomic mass is 79.9. The molecule has 0 amide bonds. The lowest BCUT2D eigenvalue weighted by Gasteiger charge is -2.10. The minimum atomic E-state index is -0.192. The van der Waals surface area contributed by atoms with Crippen molar-refractivity contribution >= 4 is 60.6 Å². The van der Waals surface area contributed by atoms with Gasteiger partial charge < -0.3 is 4.74 Å². The zero-order valence-corrected chi connectivity index (χ0v) is 21.7. The maximum Gasteiger partial charge on any atom is 0.282 e. The monoisotopic (exact) mass is 587 g/mol. The van der Waals surface area contributed by atoms with E-state index in [4.69, 9.17) is 16.3 Å². The number of hydrogen-bond acceptors (Lipinski definition) is 4. The van der Waals surface area contributed by atoms with E-state index in [0.29, 0.717) is 40.5 Å². The molecule has 1 aromatic heterocycles. The average molecular weight is 590 g/mol. The molecule has 0 bridgehead atoms. The SMILES string of the molecule is CCCc1nc2ccc(Br)cc2c(=O)n1N=Cc1ccc(OCc2ccc(Cl)cc2)c(Br)c1. The first-order valence-corrected chi connectivity index (χ1v) is 12.3. The van der Waals surface area contributed by atoms with Crippen LogP contribution in [0.2, 0.25) is 5.02 Å². The molecule has 3 aromatic carbocycles. The predicted octanol–water partition coefficient (Wildman–Crippen LogP) is 6.99. The summed E-state index contributed by atoms with van der Waals surface area (Å²) in [6.07, 6.45) is 3.16. The molecule has 0 atom stereocenters. The molecular formula is C25H20Br2ClN3O2. The molecule has 0 unspecified atom stereocenters. The van der Waals surface area contributed by atoms with Crippen LogP contribution in [0.3, 0.4) is 0 Å². The summed E-state index contributed by atoms with van der Waals surface area (Å²) in [5.41, 5.74) is 2.32. The Morgan fingerprint density at radius 1 is 1.09 bits per heavy atom. The lowest BCUT2D eigenvalue weighted by Crippen LogP contribution is -2.22. The summed E-state index contributed by atoms with van der Waals surface area (Å²) >= 11 is 12.9. The quantitative estimate of drug-likeness (QED) is 0.219. The lowest BCUT2D eigenvalue weighted by molar-refractivity contribution is 0.304. The first-order chi connectivity index (χ1) is 15.9. The Labute approximate surface area is 213 Å². The zero-order chi connectivity index (χ0) is 23.4. The van der Waals surface area contributed by atoms with E-state index in [1.54, 1.807) is 12.3 Å². The molecule has 0 aliphatic carbocycles. The summed E-state index contributed by atoms with van der Waals surface area (Å²) in [4.78, 5) is 17.8. The fourth-order valence-electron chi connectivity index (χ4n) is 3.28. The van der Waals surface area contributed by atoms with Gasteiger partial charge in [-0.15, -0.1) is 0 Å². The highest BCUT2D eigenvalue weighted by Crippen LogP contribution is 2.26. The van der Waals surface area contributed by atoms with Gasteiger partial charge in [-0.3, -0.25) is 4.79 Å². The zero-order valence-electron chi connectivity index (χ0n) is 17.8. The topological polar surface area (TPSA) is 56.5 Å². The van der Waals surface area contributed by atoms with Crippen LogP contribution in [0, 0.1) is 0 Å². The van der Waals surface area contributed by atoms with Crippen LogP contribution in [0.4, 0.5) is 0 Å². The number of benzene rings is 3. The molecule has 0 N–H and O–H groups in total. The number of aryl methyl sites for hydroxylation is 1. The van der Waals surface area contributed by atoms with Crippen LogP contribution in [0.5, 0.6) is 5.75 Å². The van der Waals surface area contributed by atoms with Gasteiger partial charge in [-0.1, -0.05) is 46.6 Å². The summed E-state index contributed by atoms with van der Waals surface area (Å²) in [7, 11) is 0. The van der Waals surface area contributed by atoms with E-state index in [2.05, 4.69) is 41.9 Å². The van der Waals surface area contributed by atoms with E-state index in [9.17, 15) is 4.79 Å². The van der Waals surface area contributed by atoms with E-state index in [0.717, 1.165) is 26.5 Å². The van der Waals surface area contributed by atoms with E-state index in [-0.39, 0.29) is 5.56 Å². The molecule has 4 aromatic rings. The minimum absolute atomic E-state index is 0.192. The van der Waals surface area contributed by atoms with Crippen molar-refractivity contribution in [2.45, 2.75) is 26.4 Å². The van der Waals surface area contributed by atoms with Crippen LogP contribution >= 0.6 is 43.5 Å². The van der Waals surface area contributed by atoms with Crippen molar-refractivity contribution in [2.75, 3.05) is 0 Å². The Morgan fingerprint density at radius 2 is 1.88 bits per heavy atom. The summed E-state index contributed by atoms with van der Waals surface area (Å²) in [5, 5.41) is 5.69. The van der Waals surface area contributed by atoms with E-state index in [1.165, 1.54) is 4.68 Å². The highest BCUT2D eigenvalue weighted by Gasteiger charge is 2.11. The number of ether oxygens (including phenoxy) is 1. The van der Waals surface area contributed by atoms with E-state index >= 15 is 0 Å². The molecule has 5 nitrogen and oxygen atoms in total. The van der Waals surface area contributed by atoms with Gasteiger partial charge in [-0.05, 0) is 82.0 Å². The Morgan fingerprint density at radius 3 is 2.61 bits per heavy atom. The second-order valence-corrected chi connectivity index (χ2v) is 9.61. The number of nitrogens with zero attached hydrogens (tertiary/aromatic N) is 3. The fourth-order valence-corrected chi connectivity index (χ4v) is 4.28. The second kappa shape index (κ2) is 10.6. The highest BCUT2D eigenvalue weighted by molar-refractivity contribution is 9.10. The van der Waals surface area contributed by atoms with Gasteiger partial charge >= 0.3 is 0 Å². The van der Waals surface area contributed by atoms with Crippen molar-refractivity contribution in [3.63, 3.8) is 0 Å². The van der Waals surface area contributed by atoms with Crippen molar-refractivity contribution in [1.82, 2.24) is 9.66 Å². The molecule has 33 heavy (non-hydrogen) atoms. The van der Waals surface area contributed by atoms with Crippen molar-refractivity contribution in [3.05, 3.63) is 102 Å². The maximum absolute atomic E-state index is 13.1. The largest absolute Gasteiger partial charge is 0.488 e. The second-order valence-electron chi connectivity index (χ2n) is 7.41. The van der Waals surface area contributed by atoms with Crippen LogP contribution < -0.4 is 10.3 Å². The number of aromatic nitrogens is 2. The molecule has 0 spiro atoms. The van der Waals surface area contributed by atoms with Crippen LogP contribution in [0.15, 0.2) is 79.5 Å². The van der Waals surface area contributed by atoms with Gasteiger partial charge in [0, 0.05) is 15.9 Å². The summed E-state index contributed by atoms with van der Waals surface area (Å²) in [5.74, 6) is 1.35. The molecule has 1 heterocycles. The smallest absolute Gasteiger partial charge is 0.282 e. The molecule has 168 valence electrons. The van der Waals surface area contributed by atoms with Crippen molar-refractivity contribution in [3.8, 4) is 5.75 Å². The molecule has 4 rings (SSSR count). The third-order valence-electron chi connectivity index (χ3n) is 4.93. The normalized spacial score (nSPS) is 11.4. The minimum Gasteiger partial charge on any atom is -0.488 e. The fraction of sp³-hybridized carbons (Fsp3) is 0.160. The Kier molecular flexibility index (Phi) is 7.63. The Hall–Kier alpha value is -2.48. The first-order valence-electron chi connectivity index (χ1n) is 10.4. The van der Waals surface area contributed by atoms with Gasteiger partial charge in [0.25, 0.3) is 5.56 Å². The number of halogens is 3. The third kappa shape index (κ3) is 5.72. The predicted molar refractivity (Wildman–Crippen MR) is 141 cm³/mol. The van der Waals surface area contributed by atoms with Gasteiger partial charge in [0.2, 0.25) is 0 Å². The molecule has 0 saturated carbocycles. The first kappa shape index (κ1) is 23.7. The van der Waals surface area contributed by atoms with Crippen molar-refractivity contribution < 1.29 is 4.74 Å². The average Bonchev–Trinajstić information content (AvgIpc) is 2.80. The lowest BCUT2D eigenvalue weighted by atomic mass is 10.2. The van der Waals surface area contributed by atoms with Crippen molar-refractivity contribution in [2.24, 2.45) is 5.10 Å². The summed E-state index contributed by atoms with van der Waals surface area (Å²) < 4.78 is 8.91. The summed E-state index contributed by atoms with van der Waals surface area (Å²) in [6, 6.07) is 18.7. The van der Waals surface area contributed by atoms with Gasteiger partial charge in [-0.2, -0.15) is 9.78 Å². The molecular weight excluding hydrogens is 570 g/mol. The van der Waals surface area contributed by atoms with Crippen LogP contribution in [-0.4, -0.2) is 15.9 Å². The number of fused-ring (bicyclic) bond motifs is 1. The van der Waals surface area contributed by atoms with E-state index < -0.39 is 0 Å². The number of hydrogen-bond donors (Lipinski definition) is 0. The van der Waals surface area contributed by atoms with Crippen LogP contribution in [0.1, 0.15) is 30.3 Å². The number of rotatable bonds is 7. The molecule has 8 heteroatoms. The maximum atomic E-state index is 13.1. The van der Waals surface area contributed by atoms with Gasteiger partial charge in [0.1, 0.15) is 18.2 Å². The molecule has 0 aliphatic heterocycles. The Balaban J connectivity index is 1.59. The molecule has 0 radical (unpaired) electrons. The van der Waals surface area contributed by atoms with Gasteiger partial charge in [0.15, 0.2) is 0 Å². The summed E-state index contributed by atoms with van der Waals surface area (Å²) in [6.45, 7) is 2.48. The third-order valence-corrected chi connectivity index (χ3v) is 6.30. The van der Waals surface area contributed by atoms with Crippen LogP contribution in [0.25, 0.3) is 10.9 Å². The standard InChI is InChI=1S/C25H20Br2ClN3O2/c1-2-3-24-30-22-10-7-18(26)13-20(22)25(32)31(24)29-14-17-6-11-23(21(27)12-17)33-15-16-4-8-19(28)9-5-16/h4-14H,2-3,15H2,1H3. The van der Waals surface area contributed by atoms with Crippen LogP contribution in [-0.2, 0) is 13.0 Å². The Bertz CT molecular complexity index is 1390. The molecule has 0 aliphatic rings. The van der Waals surface area contributed by atoms with Gasteiger partial charge in [0.05, 0.1) is 21.6 Å². The van der Waals surface area contributed by atoms with Crippen molar-refractivity contribution in [1.29, 1.82) is 0 Å². The van der Waals surface area contributed by atoms with E-state index in [1.807, 2.05) is 61.5 Å².